The predicted molar refractivity (Wildman–Crippen MR) is 140 cm³/mol. The number of esters is 1. The lowest BCUT2D eigenvalue weighted by Gasteiger charge is -2.22. The molecular formula is C26H35N5O7. The number of hydrogen-bond acceptors (Lipinski definition) is 8. The van der Waals surface area contributed by atoms with Gasteiger partial charge < -0.3 is 25.6 Å². The first kappa shape index (κ1) is 28.8. The van der Waals surface area contributed by atoms with Gasteiger partial charge in [0, 0.05) is 31.1 Å². The quantitative estimate of drug-likeness (QED) is 0.135. The number of aliphatic imine (C=N–C) groups is 1. The van der Waals surface area contributed by atoms with Crippen LogP contribution in [0.3, 0.4) is 0 Å². The Morgan fingerprint density at radius 2 is 2.00 bits per heavy atom. The van der Waals surface area contributed by atoms with Gasteiger partial charge in [0.25, 0.3) is 5.56 Å². The number of unbranched alkanes of at least 4 members (excludes halogenated alkanes) is 2. The number of nitrogens with zero attached hydrogens (tertiary/aromatic N) is 2. The van der Waals surface area contributed by atoms with Gasteiger partial charge in [-0.25, -0.2) is 9.59 Å². The average Bonchev–Trinajstić information content (AvgIpc) is 3.29. The molecule has 2 heterocycles. The van der Waals surface area contributed by atoms with Crippen LogP contribution in [0.1, 0.15) is 62.4 Å². The van der Waals surface area contributed by atoms with Gasteiger partial charge in [0.2, 0.25) is 5.91 Å². The molecule has 0 aliphatic carbocycles. The number of carbonyl (C=O) groups excluding carboxylic acids is 2. The maximum absolute atomic E-state index is 13.3. The van der Waals surface area contributed by atoms with Crippen molar-refractivity contribution in [3.8, 4) is 0 Å². The number of aliphatic hydroxyl groups excluding tert-OH is 1. The highest BCUT2D eigenvalue weighted by Crippen LogP contribution is 2.31. The van der Waals surface area contributed by atoms with Gasteiger partial charge in [-0.2, -0.15) is 0 Å². The largest absolute Gasteiger partial charge is 0.458 e. The number of nitrogens with two attached hydrogens (primary N) is 1. The number of aromatic amines is 1. The highest BCUT2D eigenvalue weighted by molar-refractivity contribution is 5.85. The molecule has 12 nitrogen and oxygen atoms in total. The molecule has 12 heteroatoms. The summed E-state index contributed by atoms with van der Waals surface area (Å²) in [6.07, 6.45) is 1.24. The molecule has 5 N–H and O–H groups in total. The maximum Gasteiger partial charge on any atom is 0.333 e. The minimum absolute atomic E-state index is 0.0720. The third-order valence-electron chi connectivity index (χ3n) is 6.18. The van der Waals surface area contributed by atoms with Gasteiger partial charge in [-0.15, -0.1) is 0 Å². The van der Waals surface area contributed by atoms with Crippen LogP contribution in [0.2, 0.25) is 0 Å². The topological polar surface area (TPSA) is 178 Å². The van der Waals surface area contributed by atoms with Gasteiger partial charge in [0.15, 0.2) is 6.04 Å². The van der Waals surface area contributed by atoms with Crippen molar-refractivity contribution in [3.63, 3.8) is 0 Å². The van der Waals surface area contributed by atoms with E-state index in [1.54, 1.807) is 44.2 Å². The molecule has 206 valence electrons. The average molecular weight is 530 g/mol. The van der Waals surface area contributed by atoms with Gasteiger partial charge in [-0.05, 0) is 32.3 Å². The van der Waals surface area contributed by atoms with Gasteiger partial charge in [-0.1, -0.05) is 36.8 Å². The molecule has 2 aromatic rings. The van der Waals surface area contributed by atoms with E-state index in [4.69, 9.17) is 15.2 Å². The summed E-state index contributed by atoms with van der Waals surface area (Å²) >= 11 is 0. The standard InChI is InChI=1S/C26H35N5O7/c1-16-14-31(26(36)30-24(16)34)22-13-19(20(15-32)37-22)38-25(35)23(18-9-5-3-6-10-18)29-21(33)11-7-4-8-12-28-17(2)27/h3,5-6,9-10,14,19-20,22-23,32H,4,7-8,11-13,15H2,1-2H3,(H2,27,28)(H,29,33)(H,30,34,36). The number of rotatable bonds is 12. The molecular weight excluding hydrogens is 494 g/mol. The van der Waals surface area contributed by atoms with Crippen molar-refractivity contribution in [2.24, 2.45) is 10.7 Å². The first-order chi connectivity index (χ1) is 18.2. The van der Waals surface area contributed by atoms with Crippen molar-refractivity contribution in [1.29, 1.82) is 0 Å². The molecule has 38 heavy (non-hydrogen) atoms. The van der Waals surface area contributed by atoms with Crippen molar-refractivity contribution in [1.82, 2.24) is 14.9 Å². The van der Waals surface area contributed by atoms with E-state index < -0.39 is 48.3 Å². The molecule has 4 unspecified atom stereocenters. The number of amidine groups is 1. The molecule has 1 aromatic carbocycles. The van der Waals surface area contributed by atoms with Crippen LogP contribution >= 0.6 is 0 Å². The summed E-state index contributed by atoms with van der Waals surface area (Å²) in [6, 6.07) is 7.64. The Morgan fingerprint density at radius 1 is 1.26 bits per heavy atom. The van der Waals surface area contributed by atoms with Crippen LogP contribution in [0.25, 0.3) is 0 Å². The Kier molecular flexibility index (Phi) is 10.4. The lowest BCUT2D eigenvalue weighted by atomic mass is 10.1. The highest BCUT2D eigenvalue weighted by Gasteiger charge is 2.40. The number of amides is 1. The molecule has 1 aliphatic heterocycles. The fourth-order valence-electron chi connectivity index (χ4n) is 4.16. The Bertz CT molecular complexity index is 1240. The van der Waals surface area contributed by atoms with E-state index in [9.17, 15) is 24.3 Å². The lowest BCUT2D eigenvalue weighted by Crippen LogP contribution is -2.38. The van der Waals surface area contributed by atoms with Crippen LogP contribution < -0.4 is 22.3 Å². The maximum atomic E-state index is 13.3. The monoisotopic (exact) mass is 529 g/mol. The Balaban J connectivity index is 1.66. The Hall–Kier alpha value is -3.77. The van der Waals surface area contributed by atoms with E-state index in [0.717, 1.165) is 12.8 Å². The SMILES string of the molecule is CC(N)=NCCCCCC(=O)NC(C(=O)OC1CC(n2cc(C)c(=O)[nH]c2=O)OC1CO)c1ccccc1. The van der Waals surface area contributed by atoms with Crippen molar-refractivity contribution in [2.75, 3.05) is 13.2 Å². The molecule has 3 rings (SSSR count). The summed E-state index contributed by atoms with van der Waals surface area (Å²) in [7, 11) is 0. The fraction of sp³-hybridized carbons (Fsp3) is 0.500. The number of H-pyrrole nitrogens is 1. The second kappa shape index (κ2) is 13.7. The van der Waals surface area contributed by atoms with E-state index in [1.165, 1.54) is 10.8 Å². The van der Waals surface area contributed by atoms with E-state index in [0.29, 0.717) is 29.9 Å². The van der Waals surface area contributed by atoms with Crippen molar-refractivity contribution in [3.05, 3.63) is 68.5 Å². The molecule has 1 aromatic heterocycles. The molecule has 0 spiro atoms. The Morgan fingerprint density at radius 3 is 2.68 bits per heavy atom. The van der Waals surface area contributed by atoms with E-state index in [2.05, 4.69) is 15.3 Å². The first-order valence-corrected chi connectivity index (χ1v) is 12.6. The molecule has 1 saturated heterocycles. The summed E-state index contributed by atoms with van der Waals surface area (Å²) in [5, 5.41) is 12.6. The third kappa shape index (κ3) is 7.86. The number of hydrogen-bond donors (Lipinski definition) is 4. The van der Waals surface area contributed by atoms with E-state index in [-0.39, 0.29) is 18.7 Å². The summed E-state index contributed by atoms with van der Waals surface area (Å²) in [6.45, 7) is 3.42. The normalized spacial score (nSPS) is 20.2. The predicted octanol–water partition coefficient (Wildman–Crippen LogP) is 0.832. The summed E-state index contributed by atoms with van der Waals surface area (Å²) in [4.78, 5) is 56.3. The number of benzene rings is 1. The summed E-state index contributed by atoms with van der Waals surface area (Å²) in [5.74, 6) is -0.492. The lowest BCUT2D eigenvalue weighted by molar-refractivity contribution is -0.157. The molecule has 1 fully saturated rings. The number of aromatic nitrogens is 2. The number of carbonyl (C=O) groups is 2. The van der Waals surface area contributed by atoms with Gasteiger partial charge in [-0.3, -0.25) is 24.1 Å². The van der Waals surface area contributed by atoms with Gasteiger partial charge in [0.1, 0.15) is 18.4 Å². The molecule has 1 amide bonds. The van der Waals surface area contributed by atoms with Crippen LogP contribution in [0.5, 0.6) is 0 Å². The molecule has 4 atom stereocenters. The van der Waals surface area contributed by atoms with Crippen molar-refractivity contribution in [2.45, 2.75) is 70.4 Å². The second-order valence-electron chi connectivity index (χ2n) is 9.25. The number of aryl methyl sites for hydroxylation is 1. The molecule has 1 aliphatic rings. The van der Waals surface area contributed by atoms with Gasteiger partial charge >= 0.3 is 11.7 Å². The molecule has 0 saturated carbocycles. The number of nitrogens with one attached hydrogen (secondary N) is 2. The third-order valence-corrected chi connectivity index (χ3v) is 6.18. The van der Waals surface area contributed by atoms with E-state index >= 15 is 0 Å². The van der Waals surface area contributed by atoms with Crippen LogP contribution in [-0.4, -0.2) is 57.7 Å². The van der Waals surface area contributed by atoms with Crippen molar-refractivity contribution < 1.29 is 24.2 Å². The zero-order valence-electron chi connectivity index (χ0n) is 21.6. The molecule has 0 radical (unpaired) electrons. The van der Waals surface area contributed by atoms with Crippen LogP contribution in [0.15, 0.2) is 51.1 Å². The minimum Gasteiger partial charge on any atom is -0.458 e. The van der Waals surface area contributed by atoms with E-state index in [1.807, 2.05) is 0 Å². The Labute approximate surface area is 219 Å². The zero-order chi connectivity index (χ0) is 27.7. The van der Waals surface area contributed by atoms with Gasteiger partial charge in [0.05, 0.1) is 12.4 Å². The summed E-state index contributed by atoms with van der Waals surface area (Å²) in [5.41, 5.74) is 5.19. The number of aliphatic hydroxyl groups is 1. The van der Waals surface area contributed by atoms with Crippen LogP contribution in [-0.2, 0) is 19.1 Å². The summed E-state index contributed by atoms with van der Waals surface area (Å²) < 4.78 is 12.7. The minimum atomic E-state index is -1.07. The van der Waals surface area contributed by atoms with Crippen molar-refractivity contribution >= 4 is 17.7 Å². The number of ether oxygens (including phenoxy) is 2. The smallest absolute Gasteiger partial charge is 0.333 e. The molecule has 0 bridgehead atoms. The van der Waals surface area contributed by atoms with Crippen LogP contribution in [0.4, 0.5) is 0 Å². The fourth-order valence-corrected chi connectivity index (χ4v) is 4.16. The first-order valence-electron chi connectivity index (χ1n) is 12.6. The second-order valence-corrected chi connectivity index (χ2v) is 9.25. The highest BCUT2D eigenvalue weighted by atomic mass is 16.6. The zero-order valence-corrected chi connectivity index (χ0v) is 21.6. The van der Waals surface area contributed by atoms with Crippen LogP contribution in [0, 0.1) is 6.92 Å².